The number of para-hydroxylation sites is 1. The van der Waals surface area contributed by atoms with E-state index in [1.807, 2.05) is 24.3 Å². The van der Waals surface area contributed by atoms with Crippen LogP contribution in [0, 0.1) is 5.82 Å². The molecule has 1 aliphatic heterocycles. The molecule has 0 amide bonds. The van der Waals surface area contributed by atoms with Crippen LogP contribution in [0.2, 0.25) is 0 Å². The molecule has 0 saturated carbocycles. The molecule has 0 aromatic heterocycles. The van der Waals surface area contributed by atoms with E-state index in [0.29, 0.717) is 12.2 Å². The Kier molecular flexibility index (Phi) is 3.22. The number of rotatable bonds is 2. The van der Waals surface area contributed by atoms with Crippen LogP contribution in [0.15, 0.2) is 42.5 Å². The Morgan fingerprint density at radius 3 is 2.74 bits per heavy atom. The highest BCUT2D eigenvalue weighted by atomic mass is 19.1. The summed E-state index contributed by atoms with van der Waals surface area (Å²) in [6.07, 6.45) is 2.12. The SMILES string of the molecule is NCc1ccc(N2CCCc3ccccc32)c(F)c1. The van der Waals surface area contributed by atoms with Crippen LogP contribution in [-0.4, -0.2) is 6.54 Å². The molecule has 0 spiro atoms. The molecule has 0 saturated heterocycles. The van der Waals surface area contributed by atoms with Crippen LogP contribution in [0.1, 0.15) is 17.5 Å². The van der Waals surface area contributed by atoms with Crippen LogP contribution in [0.25, 0.3) is 0 Å². The molecule has 0 fully saturated rings. The summed E-state index contributed by atoms with van der Waals surface area (Å²) in [5, 5.41) is 0. The van der Waals surface area contributed by atoms with E-state index in [1.165, 1.54) is 11.6 Å². The van der Waals surface area contributed by atoms with Gasteiger partial charge in [-0.05, 0) is 42.2 Å². The van der Waals surface area contributed by atoms with E-state index in [0.717, 1.165) is 30.6 Å². The molecular weight excluding hydrogens is 239 g/mol. The lowest BCUT2D eigenvalue weighted by molar-refractivity contribution is 0.618. The first kappa shape index (κ1) is 12.2. The molecule has 0 aliphatic carbocycles. The fourth-order valence-corrected chi connectivity index (χ4v) is 2.68. The minimum absolute atomic E-state index is 0.195. The van der Waals surface area contributed by atoms with Crippen LogP contribution < -0.4 is 10.6 Å². The van der Waals surface area contributed by atoms with E-state index >= 15 is 0 Å². The predicted octanol–water partition coefficient (Wildman–Crippen LogP) is 3.37. The normalized spacial score (nSPS) is 14.3. The monoisotopic (exact) mass is 256 g/mol. The van der Waals surface area contributed by atoms with Gasteiger partial charge in [0.25, 0.3) is 0 Å². The van der Waals surface area contributed by atoms with Crippen molar-refractivity contribution in [3.05, 3.63) is 59.4 Å². The molecule has 3 rings (SSSR count). The highest BCUT2D eigenvalue weighted by molar-refractivity contribution is 5.68. The fourth-order valence-electron chi connectivity index (χ4n) is 2.68. The third kappa shape index (κ3) is 2.22. The molecule has 0 unspecified atom stereocenters. The number of hydrogen-bond donors (Lipinski definition) is 1. The van der Waals surface area contributed by atoms with Crippen molar-refractivity contribution in [1.82, 2.24) is 0 Å². The Labute approximate surface area is 112 Å². The van der Waals surface area contributed by atoms with E-state index in [1.54, 1.807) is 0 Å². The van der Waals surface area contributed by atoms with Crippen LogP contribution in [0.5, 0.6) is 0 Å². The summed E-state index contributed by atoms with van der Waals surface area (Å²) in [5.41, 5.74) is 9.42. The molecule has 0 radical (unpaired) electrons. The molecule has 19 heavy (non-hydrogen) atoms. The topological polar surface area (TPSA) is 29.3 Å². The predicted molar refractivity (Wildman–Crippen MR) is 76.1 cm³/mol. The van der Waals surface area contributed by atoms with Gasteiger partial charge in [-0.15, -0.1) is 0 Å². The maximum atomic E-state index is 14.2. The van der Waals surface area contributed by atoms with Gasteiger partial charge in [0, 0.05) is 18.8 Å². The Morgan fingerprint density at radius 1 is 1.11 bits per heavy atom. The molecule has 1 aliphatic rings. The van der Waals surface area contributed by atoms with Crippen molar-refractivity contribution < 1.29 is 4.39 Å². The molecule has 2 nitrogen and oxygen atoms in total. The number of aryl methyl sites for hydroxylation is 1. The van der Waals surface area contributed by atoms with Crippen molar-refractivity contribution in [2.24, 2.45) is 5.73 Å². The van der Waals surface area contributed by atoms with E-state index in [-0.39, 0.29) is 5.82 Å². The smallest absolute Gasteiger partial charge is 0.147 e. The van der Waals surface area contributed by atoms with Crippen molar-refractivity contribution in [2.75, 3.05) is 11.4 Å². The standard InChI is InChI=1S/C16H17FN2/c17-14-10-12(11-18)7-8-16(14)19-9-3-5-13-4-1-2-6-15(13)19/h1-2,4,6-8,10H,3,5,9,11,18H2. The number of hydrogen-bond acceptors (Lipinski definition) is 2. The second-order valence-corrected chi connectivity index (χ2v) is 4.87. The fraction of sp³-hybridized carbons (Fsp3) is 0.250. The molecule has 2 aromatic carbocycles. The molecule has 3 heteroatoms. The van der Waals surface area contributed by atoms with E-state index in [9.17, 15) is 4.39 Å². The van der Waals surface area contributed by atoms with Gasteiger partial charge in [0.15, 0.2) is 0 Å². The van der Waals surface area contributed by atoms with Gasteiger partial charge in [-0.3, -0.25) is 0 Å². The second kappa shape index (κ2) is 5.02. The average molecular weight is 256 g/mol. The number of anilines is 2. The third-order valence-electron chi connectivity index (χ3n) is 3.65. The van der Waals surface area contributed by atoms with Crippen molar-refractivity contribution >= 4 is 11.4 Å². The zero-order chi connectivity index (χ0) is 13.2. The van der Waals surface area contributed by atoms with Crippen molar-refractivity contribution in [1.29, 1.82) is 0 Å². The van der Waals surface area contributed by atoms with Crippen molar-refractivity contribution in [3.63, 3.8) is 0 Å². The first-order valence-corrected chi connectivity index (χ1v) is 6.63. The first-order valence-electron chi connectivity index (χ1n) is 6.63. The quantitative estimate of drug-likeness (QED) is 0.892. The van der Waals surface area contributed by atoms with E-state index in [2.05, 4.69) is 17.0 Å². The highest BCUT2D eigenvalue weighted by Crippen LogP contribution is 2.34. The van der Waals surface area contributed by atoms with Gasteiger partial charge in [0.2, 0.25) is 0 Å². The Hall–Kier alpha value is -1.87. The van der Waals surface area contributed by atoms with Crippen LogP contribution >= 0.6 is 0 Å². The molecule has 2 aromatic rings. The van der Waals surface area contributed by atoms with Crippen LogP contribution in [-0.2, 0) is 13.0 Å². The van der Waals surface area contributed by atoms with Gasteiger partial charge < -0.3 is 10.6 Å². The summed E-state index contributed by atoms with van der Waals surface area (Å²) in [4.78, 5) is 2.06. The highest BCUT2D eigenvalue weighted by Gasteiger charge is 2.20. The van der Waals surface area contributed by atoms with Gasteiger partial charge in [0.05, 0.1) is 5.69 Å². The Balaban J connectivity index is 2.04. The van der Waals surface area contributed by atoms with Crippen LogP contribution in [0.4, 0.5) is 15.8 Å². The van der Waals surface area contributed by atoms with Gasteiger partial charge >= 0.3 is 0 Å². The minimum atomic E-state index is -0.195. The van der Waals surface area contributed by atoms with E-state index < -0.39 is 0 Å². The second-order valence-electron chi connectivity index (χ2n) is 4.87. The Bertz CT molecular complexity index is 595. The molecule has 1 heterocycles. The minimum Gasteiger partial charge on any atom is -0.339 e. The summed E-state index contributed by atoms with van der Waals surface area (Å²) in [6.45, 7) is 1.23. The summed E-state index contributed by atoms with van der Waals surface area (Å²) in [5.74, 6) is -0.195. The van der Waals surface area contributed by atoms with Crippen molar-refractivity contribution in [2.45, 2.75) is 19.4 Å². The number of halogens is 1. The largest absolute Gasteiger partial charge is 0.339 e. The van der Waals surface area contributed by atoms with E-state index in [4.69, 9.17) is 5.73 Å². The number of fused-ring (bicyclic) bond motifs is 1. The van der Waals surface area contributed by atoms with Gasteiger partial charge in [-0.25, -0.2) is 4.39 Å². The maximum absolute atomic E-state index is 14.2. The lowest BCUT2D eigenvalue weighted by Crippen LogP contribution is -2.25. The summed E-state index contributed by atoms with van der Waals surface area (Å²) in [6, 6.07) is 13.5. The number of benzene rings is 2. The van der Waals surface area contributed by atoms with Crippen molar-refractivity contribution in [3.8, 4) is 0 Å². The number of nitrogens with two attached hydrogens (primary N) is 1. The zero-order valence-corrected chi connectivity index (χ0v) is 10.8. The molecular formula is C16H17FN2. The zero-order valence-electron chi connectivity index (χ0n) is 10.8. The number of nitrogens with zero attached hydrogens (tertiary/aromatic N) is 1. The van der Waals surface area contributed by atoms with Gasteiger partial charge in [-0.1, -0.05) is 24.3 Å². The first-order chi connectivity index (χ1) is 9.29. The lowest BCUT2D eigenvalue weighted by Gasteiger charge is -2.31. The summed E-state index contributed by atoms with van der Waals surface area (Å²) >= 11 is 0. The Morgan fingerprint density at radius 2 is 1.95 bits per heavy atom. The third-order valence-corrected chi connectivity index (χ3v) is 3.65. The summed E-state index contributed by atoms with van der Waals surface area (Å²) < 4.78 is 14.2. The maximum Gasteiger partial charge on any atom is 0.147 e. The molecule has 0 bridgehead atoms. The molecule has 0 atom stereocenters. The van der Waals surface area contributed by atoms with Gasteiger partial charge in [0.1, 0.15) is 5.82 Å². The average Bonchev–Trinajstić information content (AvgIpc) is 2.46. The lowest BCUT2D eigenvalue weighted by atomic mass is 10.0. The molecule has 2 N–H and O–H groups in total. The van der Waals surface area contributed by atoms with Crippen LogP contribution in [0.3, 0.4) is 0 Å². The molecule has 98 valence electrons. The van der Waals surface area contributed by atoms with Gasteiger partial charge in [-0.2, -0.15) is 0 Å². The summed E-state index contributed by atoms with van der Waals surface area (Å²) in [7, 11) is 0.